The van der Waals surface area contributed by atoms with Gasteiger partial charge in [-0.05, 0) is 48.9 Å². The van der Waals surface area contributed by atoms with Crippen LogP contribution in [0.25, 0.3) is 34.0 Å². The maximum absolute atomic E-state index is 14.8. The van der Waals surface area contributed by atoms with Crippen LogP contribution in [0, 0.1) is 5.82 Å². The number of halogens is 5. The summed E-state index contributed by atoms with van der Waals surface area (Å²) in [5, 5.41) is 13.2. The summed E-state index contributed by atoms with van der Waals surface area (Å²) in [5.41, 5.74) is 0.886. The molecule has 6 nitrogen and oxygen atoms in total. The summed E-state index contributed by atoms with van der Waals surface area (Å²) in [6.07, 6.45) is -4.10. The van der Waals surface area contributed by atoms with Crippen LogP contribution in [0.1, 0.15) is 24.5 Å². The fourth-order valence-corrected chi connectivity index (χ4v) is 4.10. The molecule has 0 aliphatic carbocycles. The molecule has 3 aromatic carbocycles. The zero-order valence-corrected chi connectivity index (χ0v) is 21.2. The Balaban J connectivity index is 0.00000400. The number of carboxylic acid groups (broad SMARTS) is 1. The van der Waals surface area contributed by atoms with Crippen molar-refractivity contribution in [3.05, 3.63) is 83.7 Å². The van der Waals surface area contributed by atoms with Crippen LogP contribution in [0.5, 0.6) is 0 Å². The monoisotopic (exact) mass is 549 g/mol. The average molecular weight is 550 g/mol. The summed E-state index contributed by atoms with van der Waals surface area (Å²) in [6, 6.07) is 15.2. The lowest BCUT2D eigenvalue weighted by atomic mass is 9.98. The van der Waals surface area contributed by atoms with Crippen molar-refractivity contribution in [1.29, 1.82) is 0 Å². The molecule has 4 rings (SSSR count). The van der Waals surface area contributed by atoms with E-state index in [1.54, 1.807) is 49.2 Å². The molecule has 1 aromatic heterocycles. The molecule has 0 fully saturated rings. The number of hydrogen-bond donors (Lipinski definition) is 1. The molecule has 0 saturated heterocycles. The van der Waals surface area contributed by atoms with Crippen molar-refractivity contribution in [1.82, 2.24) is 15.0 Å². The van der Waals surface area contributed by atoms with Gasteiger partial charge in [-0.3, -0.25) is 9.69 Å². The third kappa shape index (κ3) is 6.20. The van der Waals surface area contributed by atoms with Gasteiger partial charge in [-0.1, -0.05) is 54.5 Å². The van der Waals surface area contributed by atoms with Crippen LogP contribution in [-0.4, -0.2) is 39.2 Å². The molecular weight excluding hydrogens is 526 g/mol. The highest BCUT2D eigenvalue weighted by atomic mass is 35.5. The van der Waals surface area contributed by atoms with E-state index in [2.05, 4.69) is 10.1 Å². The first kappa shape index (κ1) is 28.8. The standard InChI is InChI=1S/C27H23F4N3O3.ClH/c1-3-23(26(35)36)34(2)15-19-13-12-18(14-22(19)28)24-32-25(37-33-24)17-10-8-16(9-11-17)20-6-4-5-7-21(20)27(29,30)31;/h4-14,23H,3,15H2,1-2H3,(H,35,36);1H. The molecule has 1 heterocycles. The normalized spacial score (nSPS) is 12.3. The Morgan fingerprint density at radius 1 is 1.03 bits per heavy atom. The second-order valence-corrected chi connectivity index (χ2v) is 8.53. The van der Waals surface area contributed by atoms with Crippen LogP contribution >= 0.6 is 12.4 Å². The van der Waals surface area contributed by atoms with E-state index in [-0.39, 0.29) is 36.2 Å². The van der Waals surface area contributed by atoms with Gasteiger partial charge >= 0.3 is 12.1 Å². The van der Waals surface area contributed by atoms with Gasteiger partial charge in [0.1, 0.15) is 11.9 Å². The van der Waals surface area contributed by atoms with Crippen molar-refractivity contribution in [3.8, 4) is 34.0 Å². The molecule has 200 valence electrons. The Bertz CT molecular complexity index is 1410. The average Bonchev–Trinajstić information content (AvgIpc) is 3.35. The molecule has 1 unspecified atom stereocenters. The Hall–Kier alpha value is -3.76. The van der Waals surface area contributed by atoms with E-state index >= 15 is 0 Å². The molecule has 11 heteroatoms. The van der Waals surface area contributed by atoms with Crippen molar-refractivity contribution in [2.45, 2.75) is 32.1 Å². The van der Waals surface area contributed by atoms with Crippen LogP contribution in [0.4, 0.5) is 17.6 Å². The highest BCUT2D eigenvalue weighted by Gasteiger charge is 2.33. The number of benzene rings is 3. The van der Waals surface area contributed by atoms with Crippen molar-refractivity contribution < 1.29 is 32.0 Å². The van der Waals surface area contributed by atoms with Crippen molar-refractivity contribution in [3.63, 3.8) is 0 Å². The fraction of sp³-hybridized carbons (Fsp3) is 0.222. The number of aromatic nitrogens is 2. The van der Waals surface area contributed by atoms with Gasteiger partial charge in [-0.25, -0.2) is 4.39 Å². The lowest BCUT2D eigenvalue weighted by Crippen LogP contribution is -2.37. The number of aliphatic carboxylic acids is 1. The van der Waals surface area contributed by atoms with Crippen LogP contribution in [0.2, 0.25) is 0 Å². The molecule has 0 saturated carbocycles. The second-order valence-electron chi connectivity index (χ2n) is 8.53. The first-order chi connectivity index (χ1) is 17.6. The van der Waals surface area contributed by atoms with Crippen LogP contribution in [-0.2, 0) is 17.5 Å². The van der Waals surface area contributed by atoms with E-state index in [0.29, 0.717) is 28.7 Å². The number of hydrogen-bond acceptors (Lipinski definition) is 5. The maximum Gasteiger partial charge on any atom is 0.417 e. The molecule has 0 radical (unpaired) electrons. The van der Waals surface area contributed by atoms with Gasteiger partial charge in [0.15, 0.2) is 0 Å². The lowest BCUT2D eigenvalue weighted by molar-refractivity contribution is -0.143. The Labute approximate surface area is 222 Å². The summed E-state index contributed by atoms with van der Waals surface area (Å²) in [4.78, 5) is 17.2. The van der Waals surface area contributed by atoms with E-state index in [1.165, 1.54) is 30.3 Å². The van der Waals surface area contributed by atoms with Crippen LogP contribution < -0.4 is 0 Å². The molecule has 4 aromatic rings. The van der Waals surface area contributed by atoms with Crippen molar-refractivity contribution in [2.24, 2.45) is 0 Å². The molecule has 0 bridgehead atoms. The molecule has 1 atom stereocenters. The van der Waals surface area contributed by atoms with Crippen molar-refractivity contribution in [2.75, 3.05) is 7.05 Å². The first-order valence-electron chi connectivity index (χ1n) is 11.4. The third-order valence-corrected chi connectivity index (χ3v) is 6.04. The number of carboxylic acids is 1. The number of likely N-dealkylation sites (N-methyl/N-ethyl adjacent to an activating group) is 1. The van der Waals surface area contributed by atoms with Crippen LogP contribution in [0.15, 0.2) is 71.3 Å². The SMILES string of the molecule is CCC(C(=O)O)N(C)Cc1ccc(-c2noc(-c3ccc(-c4ccccc4C(F)(F)F)cc3)n2)cc1F.Cl. The van der Waals surface area contributed by atoms with Gasteiger partial charge in [-0.2, -0.15) is 18.2 Å². The lowest BCUT2D eigenvalue weighted by Gasteiger charge is -2.23. The summed E-state index contributed by atoms with van der Waals surface area (Å²) in [7, 11) is 1.62. The molecule has 0 amide bonds. The predicted octanol–water partition coefficient (Wildman–Crippen LogP) is 6.95. The zero-order valence-electron chi connectivity index (χ0n) is 20.4. The maximum atomic E-state index is 14.8. The van der Waals surface area contributed by atoms with E-state index in [4.69, 9.17) is 4.52 Å². The smallest absolute Gasteiger partial charge is 0.417 e. The predicted molar refractivity (Wildman–Crippen MR) is 136 cm³/mol. The second kappa shape index (κ2) is 11.7. The van der Waals surface area contributed by atoms with Gasteiger partial charge < -0.3 is 9.63 Å². The molecule has 0 aliphatic rings. The van der Waals surface area contributed by atoms with E-state index in [1.807, 2.05) is 0 Å². The molecular formula is C27H24ClF4N3O3. The number of alkyl halides is 3. The third-order valence-electron chi connectivity index (χ3n) is 6.04. The Kier molecular flexibility index (Phi) is 8.90. The summed E-state index contributed by atoms with van der Waals surface area (Å²) < 4.78 is 60.1. The molecule has 0 aliphatic heterocycles. The van der Waals surface area contributed by atoms with Gasteiger partial charge in [0.05, 0.1) is 5.56 Å². The highest BCUT2D eigenvalue weighted by molar-refractivity contribution is 5.85. The summed E-state index contributed by atoms with van der Waals surface area (Å²) >= 11 is 0. The number of rotatable bonds is 8. The van der Waals surface area contributed by atoms with Gasteiger partial charge in [0.2, 0.25) is 5.82 Å². The Morgan fingerprint density at radius 3 is 2.26 bits per heavy atom. The molecule has 0 spiro atoms. The first-order valence-corrected chi connectivity index (χ1v) is 11.4. The quantitative estimate of drug-likeness (QED) is 0.240. The minimum atomic E-state index is -4.48. The Morgan fingerprint density at radius 2 is 1.66 bits per heavy atom. The van der Waals surface area contributed by atoms with Crippen molar-refractivity contribution >= 4 is 18.4 Å². The minimum Gasteiger partial charge on any atom is -0.480 e. The van der Waals surface area contributed by atoms with E-state index < -0.39 is 29.6 Å². The highest BCUT2D eigenvalue weighted by Crippen LogP contribution is 2.37. The molecule has 38 heavy (non-hydrogen) atoms. The van der Waals surface area contributed by atoms with Gasteiger partial charge in [0.25, 0.3) is 5.89 Å². The number of carbonyl (C=O) groups is 1. The van der Waals surface area contributed by atoms with Gasteiger partial charge in [-0.15, -0.1) is 12.4 Å². The number of nitrogens with zero attached hydrogens (tertiary/aromatic N) is 3. The van der Waals surface area contributed by atoms with Crippen LogP contribution in [0.3, 0.4) is 0 Å². The largest absolute Gasteiger partial charge is 0.480 e. The van der Waals surface area contributed by atoms with E-state index in [0.717, 1.165) is 6.07 Å². The molecule has 1 N–H and O–H groups in total. The van der Waals surface area contributed by atoms with E-state index in [9.17, 15) is 27.5 Å². The zero-order chi connectivity index (χ0) is 26.7. The summed E-state index contributed by atoms with van der Waals surface area (Å²) in [6.45, 7) is 1.86. The minimum absolute atomic E-state index is 0. The fourth-order valence-electron chi connectivity index (χ4n) is 4.10. The topological polar surface area (TPSA) is 79.5 Å². The van der Waals surface area contributed by atoms with Gasteiger partial charge in [0, 0.05) is 23.2 Å². The summed E-state index contributed by atoms with van der Waals surface area (Å²) in [5.74, 6) is -1.25.